The van der Waals surface area contributed by atoms with Gasteiger partial charge in [-0.1, -0.05) is 0 Å². The summed E-state index contributed by atoms with van der Waals surface area (Å²) in [5.41, 5.74) is 0.721. The summed E-state index contributed by atoms with van der Waals surface area (Å²) in [5.74, 6) is 1.43. The Morgan fingerprint density at radius 3 is 2.75 bits per heavy atom. The summed E-state index contributed by atoms with van der Waals surface area (Å²) in [5, 5.41) is 4.09. The molecule has 0 aliphatic carbocycles. The highest BCUT2D eigenvalue weighted by atomic mass is 35.5. The third kappa shape index (κ3) is 2.49. The number of halogens is 1. The second-order valence-corrected chi connectivity index (χ2v) is 3.38. The molecule has 0 fully saturated rings. The van der Waals surface area contributed by atoms with Crippen LogP contribution in [-0.4, -0.2) is 19.7 Å². The van der Waals surface area contributed by atoms with Gasteiger partial charge in [-0.05, 0) is 6.92 Å². The first-order chi connectivity index (χ1) is 7.81. The summed E-state index contributed by atoms with van der Waals surface area (Å²) in [6, 6.07) is 0. The molecule has 2 aromatic heterocycles. The average Bonchev–Trinajstić information content (AvgIpc) is 2.78. The Kier molecular flexibility index (Phi) is 3.36. The van der Waals surface area contributed by atoms with Gasteiger partial charge in [-0.25, -0.2) is 4.98 Å². The molecule has 2 aromatic rings. The molecule has 16 heavy (non-hydrogen) atoms. The van der Waals surface area contributed by atoms with Crippen molar-refractivity contribution in [2.24, 2.45) is 0 Å². The lowest BCUT2D eigenvalue weighted by Crippen LogP contribution is -1.93. The van der Waals surface area contributed by atoms with Crippen LogP contribution in [0, 0.1) is 0 Å². The third-order valence-corrected chi connectivity index (χ3v) is 2.25. The molecule has 0 spiro atoms. The molecule has 0 saturated heterocycles. The van der Waals surface area contributed by atoms with Crippen LogP contribution in [0.5, 0.6) is 11.6 Å². The van der Waals surface area contributed by atoms with Crippen molar-refractivity contribution in [3.63, 3.8) is 0 Å². The fourth-order valence-electron chi connectivity index (χ4n) is 1.16. The molecule has 0 unspecified atom stereocenters. The molecule has 84 valence electrons. The van der Waals surface area contributed by atoms with Crippen LogP contribution in [0.15, 0.2) is 24.8 Å². The van der Waals surface area contributed by atoms with Crippen molar-refractivity contribution in [2.45, 2.75) is 19.3 Å². The van der Waals surface area contributed by atoms with Crippen molar-refractivity contribution in [1.29, 1.82) is 0 Å². The largest absolute Gasteiger partial charge is 0.434 e. The lowest BCUT2D eigenvalue weighted by atomic mass is 10.5. The first kappa shape index (κ1) is 10.9. The van der Waals surface area contributed by atoms with E-state index in [9.17, 15) is 0 Å². The van der Waals surface area contributed by atoms with Crippen LogP contribution in [-0.2, 0) is 12.4 Å². The molecule has 0 saturated carbocycles. The normalized spacial score (nSPS) is 10.4. The van der Waals surface area contributed by atoms with Crippen LogP contribution < -0.4 is 4.74 Å². The van der Waals surface area contributed by atoms with Gasteiger partial charge in [-0.15, -0.1) is 11.6 Å². The van der Waals surface area contributed by atoms with Crippen LogP contribution in [0.25, 0.3) is 0 Å². The lowest BCUT2D eigenvalue weighted by molar-refractivity contribution is 0.458. The number of hydrogen-bond donors (Lipinski definition) is 0. The van der Waals surface area contributed by atoms with E-state index in [-0.39, 0.29) is 0 Å². The van der Waals surface area contributed by atoms with Gasteiger partial charge in [0.25, 0.3) is 0 Å². The van der Waals surface area contributed by atoms with Crippen molar-refractivity contribution in [3.8, 4) is 11.6 Å². The molecule has 2 heterocycles. The van der Waals surface area contributed by atoms with Crippen LogP contribution in [0.3, 0.4) is 0 Å². The van der Waals surface area contributed by atoms with Gasteiger partial charge in [0.2, 0.25) is 5.88 Å². The summed E-state index contributed by atoms with van der Waals surface area (Å²) in [6.07, 6.45) is 6.57. The topological polar surface area (TPSA) is 52.8 Å². The fourth-order valence-corrected chi connectivity index (χ4v) is 1.29. The van der Waals surface area contributed by atoms with Gasteiger partial charge in [0, 0.05) is 6.54 Å². The zero-order valence-electron chi connectivity index (χ0n) is 8.80. The van der Waals surface area contributed by atoms with Crippen molar-refractivity contribution in [1.82, 2.24) is 19.7 Å². The zero-order valence-corrected chi connectivity index (χ0v) is 9.55. The van der Waals surface area contributed by atoms with Gasteiger partial charge in [0.05, 0.1) is 36.4 Å². The zero-order chi connectivity index (χ0) is 11.4. The quantitative estimate of drug-likeness (QED) is 0.767. The maximum Gasteiger partial charge on any atom is 0.238 e. The Morgan fingerprint density at radius 2 is 2.19 bits per heavy atom. The Morgan fingerprint density at radius 1 is 1.31 bits per heavy atom. The van der Waals surface area contributed by atoms with Crippen molar-refractivity contribution >= 4 is 11.6 Å². The Balaban J connectivity index is 2.08. The number of hydrogen-bond acceptors (Lipinski definition) is 4. The standard InChI is InChI=1S/C10H11ClN4O/c1-2-15-7-9(5-14-15)16-10-6-12-8(3-11)4-13-10/h4-7H,2-3H2,1H3. The van der Waals surface area contributed by atoms with Gasteiger partial charge < -0.3 is 4.74 Å². The van der Waals surface area contributed by atoms with E-state index in [2.05, 4.69) is 15.1 Å². The number of aryl methyl sites for hydroxylation is 1. The van der Waals surface area contributed by atoms with Crippen molar-refractivity contribution in [2.75, 3.05) is 0 Å². The van der Waals surface area contributed by atoms with Gasteiger partial charge in [0.15, 0.2) is 5.75 Å². The molecular weight excluding hydrogens is 228 g/mol. The van der Waals surface area contributed by atoms with Gasteiger partial charge in [0.1, 0.15) is 0 Å². The van der Waals surface area contributed by atoms with E-state index in [4.69, 9.17) is 16.3 Å². The second-order valence-electron chi connectivity index (χ2n) is 3.11. The van der Waals surface area contributed by atoms with Crippen molar-refractivity contribution < 1.29 is 4.74 Å². The van der Waals surface area contributed by atoms with Crippen LogP contribution >= 0.6 is 11.6 Å². The van der Waals surface area contributed by atoms with E-state index >= 15 is 0 Å². The fraction of sp³-hybridized carbons (Fsp3) is 0.300. The van der Waals surface area contributed by atoms with E-state index in [1.165, 1.54) is 0 Å². The Bertz CT molecular complexity index is 454. The second kappa shape index (κ2) is 4.94. The van der Waals surface area contributed by atoms with E-state index in [1.54, 1.807) is 29.5 Å². The predicted molar refractivity (Wildman–Crippen MR) is 59.6 cm³/mol. The minimum absolute atomic E-state index is 0.348. The van der Waals surface area contributed by atoms with E-state index < -0.39 is 0 Å². The van der Waals surface area contributed by atoms with Crippen LogP contribution in [0.1, 0.15) is 12.6 Å². The highest BCUT2D eigenvalue weighted by Gasteiger charge is 2.02. The lowest BCUT2D eigenvalue weighted by Gasteiger charge is -2.00. The maximum absolute atomic E-state index is 5.60. The molecule has 2 rings (SSSR count). The van der Waals surface area contributed by atoms with Crippen LogP contribution in [0.2, 0.25) is 0 Å². The minimum Gasteiger partial charge on any atom is -0.434 e. The number of alkyl halides is 1. The maximum atomic E-state index is 5.60. The summed E-state index contributed by atoms with van der Waals surface area (Å²) in [7, 11) is 0. The Hall–Kier alpha value is -1.62. The average molecular weight is 239 g/mol. The first-order valence-electron chi connectivity index (χ1n) is 4.89. The van der Waals surface area contributed by atoms with Crippen molar-refractivity contribution in [3.05, 3.63) is 30.5 Å². The minimum atomic E-state index is 0.348. The molecule has 6 heteroatoms. The van der Waals surface area contributed by atoms with E-state index in [0.717, 1.165) is 12.2 Å². The SMILES string of the molecule is CCn1cc(Oc2cnc(CCl)cn2)cn1. The summed E-state index contributed by atoms with van der Waals surface area (Å²) < 4.78 is 7.23. The van der Waals surface area contributed by atoms with Gasteiger partial charge in [-0.2, -0.15) is 5.10 Å². The number of rotatable bonds is 4. The molecule has 0 amide bonds. The first-order valence-corrected chi connectivity index (χ1v) is 5.42. The molecule has 0 bridgehead atoms. The van der Waals surface area contributed by atoms with E-state index in [1.807, 2.05) is 6.92 Å². The van der Waals surface area contributed by atoms with Gasteiger partial charge >= 0.3 is 0 Å². The molecular formula is C10H11ClN4O. The van der Waals surface area contributed by atoms with E-state index in [0.29, 0.717) is 17.5 Å². The summed E-state index contributed by atoms with van der Waals surface area (Å²) in [4.78, 5) is 8.15. The number of ether oxygens (including phenoxy) is 1. The monoisotopic (exact) mass is 238 g/mol. The number of nitrogens with zero attached hydrogens (tertiary/aromatic N) is 4. The third-order valence-electron chi connectivity index (χ3n) is 1.97. The number of aromatic nitrogens is 4. The Labute approximate surface area is 98.0 Å². The van der Waals surface area contributed by atoms with Crippen LogP contribution in [0.4, 0.5) is 0 Å². The molecule has 0 aromatic carbocycles. The molecule has 0 aliphatic heterocycles. The summed E-state index contributed by atoms with van der Waals surface area (Å²) in [6.45, 7) is 2.81. The molecule has 0 N–H and O–H groups in total. The molecule has 0 atom stereocenters. The molecule has 0 radical (unpaired) electrons. The smallest absolute Gasteiger partial charge is 0.238 e. The predicted octanol–water partition coefficient (Wildman–Crippen LogP) is 2.22. The molecule has 5 nitrogen and oxygen atoms in total. The van der Waals surface area contributed by atoms with Gasteiger partial charge in [-0.3, -0.25) is 9.67 Å². The highest BCUT2D eigenvalue weighted by Crippen LogP contribution is 2.17. The summed E-state index contributed by atoms with van der Waals surface area (Å²) >= 11 is 5.60. The molecule has 0 aliphatic rings. The highest BCUT2D eigenvalue weighted by molar-refractivity contribution is 6.16.